The van der Waals surface area contributed by atoms with Gasteiger partial charge in [0.2, 0.25) is 5.91 Å². The van der Waals surface area contributed by atoms with Crippen molar-refractivity contribution in [2.45, 2.75) is 53.1 Å². The molecule has 0 aliphatic heterocycles. The van der Waals surface area contributed by atoms with Crippen LogP contribution >= 0.6 is 0 Å². The highest BCUT2D eigenvalue weighted by atomic mass is 16.1. The monoisotopic (exact) mass is 252 g/mol. The summed E-state index contributed by atoms with van der Waals surface area (Å²) in [5.41, 5.74) is 3.12. The van der Waals surface area contributed by atoms with Gasteiger partial charge in [-0.15, -0.1) is 0 Å². The fraction of sp³-hybridized carbons (Fsp3) is 0.692. The maximum absolute atomic E-state index is 11.6. The van der Waals surface area contributed by atoms with Gasteiger partial charge in [-0.2, -0.15) is 5.10 Å². The minimum atomic E-state index is -0.158. The Balaban J connectivity index is 2.25. The second kappa shape index (κ2) is 6.00. The lowest BCUT2D eigenvalue weighted by Crippen LogP contribution is -2.41. The number of rotatable bonds is 5. The fourth-order valence-electron chi connectivity index (χ4n) is 1.73. The molecule has 0 aromatic carbocycles. The van der Waals surface area contributed by atoms with Crippen molar-refractivity contribution in [1.82, 2.24) is 20.8 Å². The Hall–Kier alpha value is -1.36. The van der Waals surface area contributed by atoms with Crippen LogP contribution in [-0.4, -0.2) is 28.2 Å². The van der Waals surface area contributed by atoms with Gasteiger partial charge in [0.25, 0.3) is 0 Å². The van der Waals surface area contributed by atoms with Gasteiger partial charge in [-0.1, -0.05) is 0 Å². The minimum absolute atomic E-state index is 0.0793. The molecule has 1 aromatic heterocycles. The van der Waals surface area contributed by atoms with Crippen molar-refractivity contribution in [3.8, 4) is 0 Å². The first kappa shape index (κ1) is 14.7. The van der Waals surface area contributed by atoms with Crippen molar-refractivity contribution in [2.24, 2.45) is 0 Å². The molecule has 1 amide bonds. The van der Waals surface area contributed by atoms with Crippen LogP contribution in [0.4, 0.5) is 0 Å². The number of hydrogen-bond donors (Lipinski definition) is 3. The van der Waals surface area contributed by atoms with Gasteiger partial charge in [-0.3, -0.25) is 9.89 Å². The number of aromatic amines is 1. The summed E-state index contributed by atoms with van der Waals surface area (Å²) in [5, 5.41) is 13.3. The molecule has 0 saturated carbocycles. The summed E-state index contributed by atoms with van der Waals surface area (Å²) in [5.74, 6) is 0.0793. The number of nitrogens with zero attached hydrogens (tertiary/aromatic N) is 1. The summed E-state index contributed by atoms with van der Waals surface area (Å²) >= 11 is 0. The average molecular weight is 252 g/mol. The fourth-order valence-corrected chi connectivity index (χ4v) is 1.73. The molecule has 0 atom stereocenters. The predicted octanol–water partition coefficient (Wildman–Crippen LogP) is 1.42. The lowest BCUT2D eigenvalue weighted by molar-refractivity contribution is -0.122. The minimum Gasteiger partial charge on any atom is -0.351 e. The van der Waals surface area contributed by atoms with Crippen molar-refractivity contribution in [3.05, 3.63) is 17.0 Å². The highest BCUT2D eigenvalue weighted by molar-refractivity contribution is 5.76. The second-order valence-corrected chi connectivity index (χ2v) is 5.64. The van der Waals surface area contributed by atoms with Gasteiger partial charge in [0.1, 0.15) is 0 Å². The summed E-state index contributed by atoms with van der Waals surface area (Å²) in [6, 6.07) is 0. The lowest BCUT2D eigenvalue weighted by atomic mass is 10.1. The Morgan fingerprint density at radius 3 is 2.50 bits per heavy atom. The number of hydrogen-bond acceptors (Lipinski definition) is 3. The topological polar surface area (TPSA) is 69.8 Å². The summed E-state index contributed by atoms with van der Waals surface area (Å²) in [7, 11) is 0. The van der Waals surface area contributed by atoms with Crippen molar-refractivity contribution in [3.63, 3.8) is 0 Å². The molecule has 0 unspecified atom stereocenters. The van der Waals surface area contributed by atoms with E-state index in [1.54, 1.807) is 0 Å². The molecule has 0 aliphatic rings. The first-order valence-electron chi connectivity index (χ1n) is 6.32. The van der Waals surface area contributed by atoms with Crippen LogP contribution in [0.2, 0.25) is 0 Å². The molecule has 5 heteroatoms. The van der Waals surface area contributed by atoms with Crippen LogP contribution in [0.1, 0.15) is 44.1 Å². The molecular weight excluding hydrogens is 228 g/mol. The number of aryl methyl sites for hydroxylation is 2. The third-order valence-electron chi connectivity index (χ3n) is 2.63. The number of H-pyrrole nitrogens is 1. The van der Waals surface area contributed by atoms with Crippen molar-refractivity contribution in [1.29, 1.82) is 0 Å². The van der Waals surface area contributed by atoms with Crippen LogP contribution in [0, 0.1) is 13.8 Å². The van der Waals surface area contributed by atoms with Gasteiger partial charge < -0.3 is 10.6 Å². The summed E-state index contributed by atoms with van der Waals surface area (Å²) < 4.78 is 0. The highest BCUT2D eigenvalue weighted by Crippen LogP contribution is 2.08. The second-order valence-electron chi connectivity index (χ2n) is 5.64. The molecule has 18 heavy (non-hydrogen) atoms. The van der Waals surface area contributed by atoms with E-state index in [0.717, 1.165) is 17.9 Å². The van der Waals surface area contributed by atoms with E-state index < -0.39 is 0 Å². The normalized spacial score (nSPS) is 11.6. The maximum Gasteiger partial charge on any atom is 0.221 e. The Labute approximate surface area is 109 Å². The van der Waals surface area contributed by atoms with Crippen LogP contribution < -0.4 is 10.6 Å². The standard InChI is InChI=1S/C13H24N4O/c1-9-11(10(2)17-16-9)8-14-7-6-12(18)15-13(3,4)5/h14H,6-8H2,1-5H3,(H,15,18)(H,16,17). The molecule has 1 aromatic rings. The molecular formula is C13H24N4O. The van der Waals surface area contributed by atoms with Gasteiger partial charge in [0.05, 0.1) is 5.69 Å². The van der Waals surface area contributed by atoms with E-state index in [1.807, 2.05) is 34.6 Å². The number of amides is 1. The Morgan fingerprint density at radius 1 is 1.33 bits per heavy atom. The number of nitrogens with one attached hydrogen (secondary N) is 3. The molecule has 1 rings (SSSR count). The number of carbonyl (C=O) groups is 1. The van der Waals surface area contributed by atoms with Gasteiger partial charge >= 0.3 is 0 Å². The first-order valence-corrected chi connectivity index (χ1v) is 6.32. The smallest absolute Gasteiger partial charge is 0.221 e. The zero-order valence-corrected chi connectivity index (χ0v) is 12.0. The van der Waals surface area contributed by atoms with Crippen molar-refractivity contribution in [2.75, 3.05) is 6.54 Å². The van der Waals surface area contributed by atoms with E-state index in [-0.39, 0.29) is 11.4 Å². The summed E-state index contributed by atoms with van der Waals surface area (Å²) in [4.78, 5) is 11.6. The van der Waals surface area contributed by atoms with E-state index in [4.69, 9.17) is 0 Å². The first-order chi connectivity index (χ1) is 8.29. The molecule has 0 bridgehead atoms. The molecule has 0 fully saturated rings. The largest absolute Gasteiger partial charge is 0.351 e. The molecule has 5 nitrogen and oxygen atoms in total. The lowest BCUT2D eigenvalue weighted by Gasteiger charge is -2.20. The molecule has 1 heterocycles. The van der Waals surface area contributed by atoms with Crippen LogP contribution in [0.5, 0.6) is 0 Å². The van der Waals surface area contributed by atoms with E-state index in [1.165, 1.54) is 5.56 Å². The molecule has 0 spiro atoms. The van der Waals surface area contributed by atoms with Gasteiger partial charge in [0.15, 0.2) is 0 Å². The van der Waals surface area contributed by atoms with E-state index >= 15 is 0 Å². The Bertz CT molecular complexity index is 384. The van der Waals surface area contributed by atoms with Crippen LogP contribution in [0.15, 0.2) is 0 Å². The van der Waals surface area contributed by atoms with Crippen LogP contribution in [0.25, 0.3) is 0 Å². The summed E-state index contributed by atoms with van der Waals surface area (Å²) in [6.45, 7) is 11.3. The van der Waals surface area contributed by atoms with Crippen LogP contribution in [0.3, 0.4) is 0 Å². The molecule has 0 radical (unpaired) electrons. The third kappa shape index (κ3) is 4.87. The van der Waals surface area contributed by atoms with E-state index in [0.29, 0.717) is 13.0 Å². The molecule has 0 saturated heterocycles. The van der Waals surface area contributed by atoms with E-state index in [9.17, 15) is 4.79 Å². The van der Waals surface area contributed by atoms with Gasteiger partial charge in [-0.25, -0.2) is 0 Å². The Kier molecular flexibility index (Phi) is 4.90. The van der Waals surface area contributed by atoms with Crippen molar-refractivity contribution >= 4 is 5.91 Å². The number of aromatic nitrogens is 2. The molecule has 0 aliphatic carbocycles. The zero-order valence-electron chi connectivity index (χ0n) is 12.0. The SMILES string of the molecule is Cc1n[nH]c(C)c1CNCCC(=O)NC(C)(C)C. The van der Waals surface area contributed by atoms with Gasteiger partial charge in [-0.05, 0) is 34.6 Å². The zero-order chi connectivity index (χ0) is 13.8. The highest BCUT2D eigenvalue weighted by Gasteiger charge is 2.13. The Morgan fingerprint density at radius 2 is 2.00 bits per heavy atom. The van der Waals surface area contributed by atoms with Gasteiger partial charge in [0, 0.05) is 36.3 Å². The molecule has 3 N–H and O–H groups in total. The van der Waals surface area contributed by atoms with Crippen molar-refractivity contribution < 1.29 is 4.79 Å². The predicted molar refractivity (Wildman–Crippen MR) is 72.3 cm³/mol. The summed E-state index contributed by atoms with van der Waals surface area (Å²) in [6.07, 6.45) is 0.493. The third-order valence-corrected chi connectivity index (χ3v) is 2.63. The maximum atomic E-state index is 11.6. The molecule has 102 valence electrons. The van der Waals surface area contributed by atoms with Crippen LogP contribution in [-0.2, 0) is 11.3 Å². The average Bonchev–Trinajstić information content (AvgIpc) is 2.52. The van der Waals surface area contributed by atoms with E-state index in [2.05, 4.69) is 20.8 Å². The quantitative estimate of drug-likeness (QED) is 0.694. The number of carbonyl (C=O) groups excluding carboxylic acids is 1.